The van der Waals surface area contributed by atoms with Crippen molar-refractivity contribution in [3.8, 4) is 6.07 Å². The molecule has 0 aliphatic carbocycles. The Morgan fingerprint density at radius 3 is 2.79 bits per heavy atom. The van der Waals surface area contributed by atoms with Crippen LogP contribution in [0.3, 0.4) is 0 Å². The van der Waals surface area contributed by atoms with Crippen molar-refractivity contribution in [1.29, 1.82) is 5.26 Å². The summed E-state index contributed by atoms with van der Waals surface area (Å²) < 4.78 is 5.28. The van der Waals surface area contributed by atoms with Gasteiger partial charge in [0.2, 0.25) is 0 Å². The number of ketones is 1. The summed E-state index contributed by atoms with van der Waals surface area (Å²) in [5.74, 6) is -0.0774. The zero-order valence-corrected chi connectivity index (χ0v) is 7.57. The number of carbonyl (C=O) groups excluding carboxylic acids is 1. The van der Waals surface area contributed by atoms with Gasteiger partial charge in [0.15, 0.2) is 11.5 Å². The maximum absolute atomic E-state index is 11.1. The van der Waals surface area contributed by atoms with E-state index < -0.39 is 0 Å². The van der Waals surface area contributed by atoms with Gasteiger partial charge in [0, 0.05) is 12.3 Å². The second-order valence-corrected chi connectivity index (χ2v) is 2.97. The first-order valence-corrected chi connectivity index (χ1v) is 4.16. The number of rotatable bonds is 1. The number of furan rings is 1. The smallest absolute Gasteiger partial charge is 0.196 e. The molecule has 0 fully saturated rings. The molecule has 0 saturated heterocycles. The SMILES string of the molecule is CC(=O)c1oc2ccccc2c1C#N. The first kappa shape index (κ1) is 8.52. The Morgan fingerprint density at radius 2 is 2.14 bits per heavy atom. The van der Waals surface area contributed by atoms with Crippen molar-refractivity contribution in [1.82, 2.24) is 0 Å². The highest BCUT2D eigenvalue weighted by molar-refractivity contribution is 6.00. The number of hydrogen-bond donors (Lipinski definition) is 0. The summed E-state index contributed by atoms with van der Waals surface area (Å²) in [6.07, 6.45) is 0. The standard InChI is InChI=1S/C11H7NO2/c1-7(13)11-9(6-12)8-4-2-3-5-10(8)14-11/h2-5H,1H3. The summed E-state index contributed by atoms with van der Waals surface area (Å²) in [6.45, 7) is 1.39. The fourth-order valence-corrected chi connectivity index (χ4v) is 1.40. The third-order valence-electron chi connectivity index (χ3n) is 2.03. The summed E-state index contributed by atoms with van der Waals surface area (Å²) in [6, 6.07) is 9.10. The number of Topliss-reactive ketones (excluding diaryl/α,β-unsaturated/α-hetero) is 1. The average molecular weight is 185 g/mol. The van der Waals surface area contributed by atoms with Crippen LogP contribution < -0.4 is 0 Å². The van der Waals surface area contributed by atoms with Crippen molar-refractivity contribution in [2.24, 2.45) is 0 Å². The molecule has 1 aromatic carbocycles. The first-order valence-electron chi connectivity index (χ1n) is 4.16. The molecular weight excluding hydrogens is 178 g/mol. The van der Waals surface area contributed by atoms with Gasteiger partial charge in [0.25, 0.3) is 0 Å². The molecule has 3 nitrogen and oxygen atoms in total. The summed E-state index contributed by atoms with van der Waals surface area (Å²) in [5.41, 5.74) is 0.905. The van der Waals surface area contributed by atoms with Crippen LogP contribution in [0, 0.1) is 11.3 Å². The molecule has 3 heteroatoms. The van der Waals surface area contributed by atoms with Gasteiger partial charge in [-0.1, -0.05) is 12.1 Å². The lowest BCUT2D eigenvalue weighted by Crippen LogP contribution is -1.91. The van der Waals surface area contributed by atoms with Gasteiger partial charge in [-0.25, -0.2) is 0 Å². The van der Waals surface area contributed by atoms with Crippen molar-refractivity contribution in [3.63, 3.8) is 0 Å². The topological polar surface area (TPSA) is 54.0 Å². The highest BCUT2D eigenvalue weighted by Gasteiger charge is 2.16. The lowest BCUT2D eigenvalue weighted by molar-refractivity contribution is 0.0989. The third-order valence-corrected chi connectivity index (χ3v) is 2.03. The minimum absolute atomic E-state index is 0.147. The molecule has 2 aromatic rings. The molecule has 0 bridgehead atoms. The molecule has 0 radical (unpaired) electrons. The predicted molar refractivity (Wildman–Crippen MR) is 50.9 cm³/mol. The largest absolute Gasteiger partial charge is 0.452 e. The van der Waals surface area contributed by atoms with Crippen molar-refractivity contribution in [3.05, 3.63) is 35.6 Å². The minimum atomic E-state index is -0.224. The van der Waals surface area contributed by atoms with Gasteiger partial charge < -0.3 is 4.42 Å². The fourth-order valence-electron chi connectivity index (χ4n) is 1.40. The number of para-hydroxylation sites is 1. The predicted octanol–water partition coefficient (Wildman–Crippen LogP) is 2.51. The monoisotopic (exact) mass is 185 g/mol. The number of carbonyl (C=O) groups is 1. The van der Waals surface area contributed by atoms with E-state index in [0.29, 0.717) is 16.5 Å². The highest BCUT2D eigenvalue weighted by atomic mass is 16.3. The molecule has 1 heterocycles. The maximum atomic E-state index is 11.1. The number of fused-ring (bicyclic) bond motifs is 1. The molecule has 68 valence electrons. The molecule has 0 N–H and O–H groups in total. The Kier molecular flexibility index (Phi) is 1.83. The molecule has 0 aliphatic heterocycles. The average Bonchev–Trinajstić information content (AvgIpc) is 2.56. The van der Waals surface area contributed by atoms with E-state index in [1.165, 1.54) is 6.92 Å². The summed E-state index contributed by atoms with van der Waals surface area (Å²) in [5, 5.41) is 9.59. The van der Waals surface area contributed by atoms with Crippen LogP contribution in [0.2, 0.25) is 0 Å². The fraction of sp³-hybridized carbons (Fsp3) is 0.0909. The molecule has 14 heavy (non-hydrogen) atoms. The number of nitrogens with zero attached hydrogens (tertiary/aromatic N) is 1. The first-order chi connectivity index (χ1) is 6.74. The van der Waals surface area contributed by atoms with Crippen molar-refractivity contribution >= 4 is 16.8 Å². The van der Waals surface area contributed by atoms with E-state index in [-0.39, 0.29) is 11.5 Å². The Balaban J connectivity index is 2.87. The Labute approximate surface area is 80.6 Å². The lowest BCUT2D eigenvalue weighted by atomic mass is 10.1. The van der Waals surface area contributed by atoms with Gasteiger partial charge >= 0.3 is 0 Å². The summed E-state index contributed by atoms with van der Waals surface area (Å²) in [4.78, 5) is 11.1. The van der Waals surface area contributed by atoms with Crippen molar-refractivity contribution in [2.45, 2.75) is 6.92 Å². The molecule has 0 saturated carbocycles. The van der Waals surface area contributed by atoms with Crippen LogP contribution in [0.5, 0.6) is 0 Å². The zero-order chi connectivity index (χ0) is 10.1. The third kappa shape index (κ3) is 1.09. The van der Waals surface area contributed by atoms with E-state index in [1.807, 2.05) is 12.1 Å². The van der Waals surface area contributed by atoms with E-state index in [9.17, 15) is 4.79 Å². The lowest BCUT2D eigenvalue weighted by Gasteiger charge is -1.85. The summed E-state index contributed by atoms with van der Waals surface area (Å²) >= 11 is 0. The second-order valence-electron chi connectivity index (χ2n) is 2.97. The molecule has 0 aliphatic rings. The van der Waals surface area contributed by atoms with Crippen LogP contribution in [0.15, 0.2) is 28.7 Å². The highest BCUT2D eigenvalue weighted by Crippen LogP contribution is 2.25. The summed E-state index contributed by atoms with van der Waals surface area (Å²) in [7, 11) is 0. The van der Waals surface area contributed by atoms with Gasteiger partial charge in [-0.3, -0.25) is 4.79 Å². The van der Waals surface area contributed by atoms with E-state index in [0.717, 1.165) is 0 Å². The van der Waals surface area contributed by atoms with Crippen LogP contribution in [0.4, 0.5) is 0 Å². The molecule has 0 amide bonds. The van der Waals surface area contributed by atoms with Gasteiger partial charge in [-0.2, -0.15) is 5.26 Å². The quantitative estimate of drug-likeness (QED) is 0.641. The molecule has 2 rings (SSSR count). The Hall–Kier alpha value is -2.08. The van der Waals surface area contributed by atoms with Crippen molar-refractivity contribution in [2.75, 3.05) is 0 Å². The van der Waals surface area contributed by atoms with Crippen LogP contribution >= 0.6 is 0 Å². The molecular formula is C11H7NO2. The minimum Gasteiger partial charge on any atom is -0.452 e. The van der Waals surface area contributed by atoms with Gasteiger partial charge in [0.05, 0.1) is 0 Å². The van der Waals surface area contributed by atoms with Gasteiger partial charge in [-0.15, -0.1) is 0 Å². The second kappa shape index (κ2) is 3.00. The molecule has 0 spiro atoms. The van der Waals surface area contributed by atoms with Crippen LogP contribution in [-0.2, 0) is 0 Å². The number of hydrogen-bond acceptors (Lipinski definition) is 3. The van der Waals surface area contributed by atoms with Crippen LogP contribution in [0.1, 0.15) is 23.0 Å². The number of nitriles is 1. The molecule has 1 aromatic heterocycles. The van der Waals surface area contributed by atoms with Gasteiger partial charge in [0.1, 0.15) is 17.2 Å². The van der Waals surface area contributed by atoms with E-state index in [4.69, 9.17) is 9.68 Å². The maximum Gasteiger partial charge on any atom is 0.196 e. The normalized spacial score (nSPS) is 10.0. The van der Waals surface area contributed by atoms with Gasteiger partial charge in [-0.05, 0) is 12.1 Å². The number of benzene rings is 1. The van der Waals surface area contributed by atoms with E-state index >= 15 is 0 Å². The van der Waals surface area contributed by atoms with E-state index in [2.05, 4.69) is 0 Å². The molecule has 0 atom stereocenters. The Bertz CT molecular complexity index is 546. The Morgan fingerprint density at radius 1 is 1.43 bits per heavy atom. The zero-order valence-electron chi connectivity index (χ0n) is 7.57. The molecule has 0 unspecified atom stereocenters. The van der Waals surface area contributed by atoms with Crippen LogP contribution in [0.25, 0.3) is 11.0 Å². The van der Waals surface area contributed by atoms with Crippen LogP contribution in [-0.4, -0.2) is 5.78 Å². The van der Waals surface area contributed by atoms with Crippen molar-refractivity contribution < 1.29 is 9.21 Å². The van der Waals surface area contributed by atoms with E-state index in [1.54, 1.807) is 18.2 Å².